The second-order valence-corrected chi connectivity index (χ2v) is 6.54. The first-order chi connectivity index (χ1) is 12.8. The predicted octanol–water partition coefficient (Wildman–Crippen LogP) is 4.56. The number of hydrogen-bond acceptors (Lipinski definition) is 5. The van der Waals surface area contributed by atoms with Crippen LogP contribution in [0.25, 0.3) is 22.4 Å². The van der Waals surface area contributed by atoms with Gasteiger partial charge in [-0.25, -0.2) is 4.79 Å². The summed E-state index contributed by atoms with van der Waals surface area (Å²) in [5, 5.41) is 9.06. The summed E-state index contributed by atoms with van der Waals surface area (Å²) >= 11 is 1.38. The minimum absolute atomic E-state index is 0.142. The van der Waals surface area contributed by atoms with Crippen molar-refractivity contribution in [1.82, 2.24) is 15.2 Å². The van der Waals surface area contributed by atoms with Crippen molar-refractivity contribution in [2.75, 3.05) is 0 Å². The molecule has 1 N–H and O–H groups in total. The van der Waals surface area contributed by atoms with Gasteiger partial charge in [0, 0.05) is 23.5 Å². The van der Waals surface area contributed by atoms with Crippen molar-refractivity contribution in [3.05, 3.63) is 82.9 Å². The molecule has 0 radical (unpaired) electrons. The number of benzene rings is 1. The fourth-order valence-electron chi connectivity index (χ4n) is 2.63. The SMILES string of the molecule is O=C(OCc1cc(-c2ccncc2)n[nH]1)c1sccc1-c1ccccc1. The molecule has 128 valence electrons. The van der Waals surface area contributed by atoms with Crippen LogP contribution in [0.3, 0.4) is 0 Å². The molecule has 0 aliphatic rings. The van der Waals surface area contributed by atoms with E-state index in [1.807, 2.05) is 60.0 Å². The smallest absolute Gasteiger partial charge is 0.349 e. The number of thiophene rings is 1. The Morgan fingerprint density at radius 2 is 1.85 bits per heavy atom. The molecule has 0 saturated heterocycles. The fourth-order valence-corrected chi connectivity index (χ4v) is 3.44. The molecule has 0 fully saturated rings. The maximum absolute atomic E-state index is 12.5. The van der Waals surface area contributed by atoms with Crippen LogP contribution in [0.15, 0.2) is 72.4 Å². The Bertz CT molecular complexity index is 1010. The van der Waals surface area contributed by atoms with Crippen molar-refractivity contribution in [3.8, 4) is 22.4 Å². The molecule has 1 aromatic carbocycles. The third kappa shape index (κ3) is 3.41. The summed E-state index contributed by atoms with van der Waals surface area (Å²) in [5.74, 6) is -0.334. The third-order valence-corrected chi connectivity index (χ3v) is 4.80. The summed E-state index contributed by atoms with van der Waals surface area (Å²) in [4.78, 5) is 17.1. The summed E-state index contributed by atoms with van der Waals surface area (Å²) in [6.07, 6.45) is 3.43. The van der Waals surface area contributed by atoms with Gasteiger partial charge in [0.15, 0.2) is 0 Å². The molecule has 0 spiro atoms. The van der Waals surface area contributed by atoms with E-state index in [-0.39, 0.29) is 12.6 Å². The van der Waals surface area contributed by atoms with E-state index in [0.29, 0.717) is 4.88 Å². The molecule has 26 heavy (non-hydrogen) atoms. The van der Waals surface area contributed by atoms with Crippen LogP contribution in [0.4, 0.5) is 0 Å². The van der Waals surface area contributed by atoms with Crippen LogP contribution in [0.1, 0.15) is 15.4 Å². The van der Waals surface area contributed by atoms with E-state index in [1.54, 1.807) is 12.4 Å². The lowest BCUT2D eigenvalue weighted by atomic mass is 10.1. The van der Waals surface area contributed by atoms with Gasteiger partial charge >= 0.3 is 5.97 Å². The molecule has 0 amide bonds. The Morgan fingerprint density at radius 1 is 1.04 bits per heavy atom. The van der Waals surface area contributed by atoms with Gasteiger partial charge in [0.2, 0.25) is 0 Å². The molecule has 6 heteroatoms. The summed E-state index contributed by atoms with van der Waals surface area (Å²) < 4.78 is 5.47. The molecule has 0 bridgehead atoms. The Kier molecular flexibility index (Phi) is 4.57. The van der Waals surface area contributed by atoms with Gasteiger partial charge in [-0.3, -0.25) is 10.1 Å². The second-order valence-electron chi connectivity index (χ2n) is 5.62. The highest BCUT2D eigenvalue weighted by Gasteiger charge is 2.16. The molecule has 4 aromatic rings. The summed E-state index contributed by atoms with van der Waals surface area (Å²) in [7, 11) is 0. The number of carbonyl (C=O) groups excluding carboxylic acids is 1. The average Bonchev–Trinajstić information content (AvgIpc) is 3.37. The number of rotatable bonds is 5. The Hall–Kier alpha value is -3.25. The molecule has 5 nitrogen and oxygen atoms in total. The molecule has 0 aliphatic heterocycles. The number of H-pyrrole nitrogens is 1. The number of esters is 1. The molecule has 0 unspecified atom stereocenters. The standard InChI is InChI=1S/C20H15N3O2S/c24-20(19-17(8-11-26-19)14-4-2-1-3-5-14)25-13-16-12-18(23-22-16)15-6-9-21-10-7-15/h1-12H,13H2,(H,22,23). The highest BCUT2D eigenvalue weighted by atomic mass is 32.1. The van der Waals surface area contributed by atoms with Gasteiger partial charge in [0.05, 0.1) is 11.4 Å². The molecule has 3 aromatic heterocycles. The monoisotopic (exact) mass is 361 g/mol. The second kappa shape index (κ2) is 7.33. The van der Waals surface area contributed by atoms with Gasteiger partial charge < -0.3 is 4.74 Å². The minimum atomic E-state index is -0.334. The van der Waals surface area contributed by atoms with Crippen molar-refractivity contribution < 1.29 is 9.53 Å². The maximum atomic E-state index is 12.5. The van der Waals surface area contributed by atoms with Crippen LogP contribution in [0, 0.1) is 0 Å². The minimum Gasteiger partial charge on any atom is -0.455 e. The highest BCUT2D eigenvalue weighted by Crippen LogP contribution is 2.29. The normalized spacial score (nSPS) is 10.6. The molecular weight excluding hydrogens is 346 g/mol. The average molecular weight is 361 g/mol. The molecule has 3 heterocycles. The molecule has 0 atom stereocenters. The van der Waals surface area contributed by atoms with Crippen LogP contribution in [-0.2, 0) is 11.3 Å². The zero-order valence-electron chi connectivity index (χ0n) is 13.8. The van der Waals surface area contributed by atoms with Gasteiger partial charge in [0.1, 0.15) is 11.5 Å². The zero-order valence-corrected chi connectivity index (χ0v) is 14.6. The van der Waals surface area contributed by atoms with E-state index in [2.05, 4.69) is 15.2 Å². The van der Waals surface area contributed by atoms with Crippen molar-refractivity contribution in [1.29, 1.82) is 0 Å². The van der Waals surface area contributed by atoms with Crippen molar-refractivity contribution in [3.63, 3.8) is 0 Å². The lowest BCUT2D eigenvalue weighted by Gasteiger charge is -2.05. The van der Waals surface area contributed by atoms with E-state index >= 15 is 0 Å². The maximum Gasteiger partial charge on any atom is 0.349 e. The number of nitrogens with zero attached hydrogens (tertiary/aromatic N) is 2. The number of nitrogens with one attached hydrogen (secondary N) is 1. The number of carbonyl (C=O) groups is 1. The predicted molar refractivity (Wildman–Crippen MR) is 101 cm³/mol. The van der Waals surface area contributed by atoms with Crippen molar-refractivity contribution >= 4 is 17.3 Å². The fraction of sp³-hybridized carbons (Fsp3) is 0.0500. The van der Waals surface area contributed by atoms with E-state index in [9.17, 15) is 4.79 Å². The lowest BCUT2D eigenvalue weighted by Crippen LogP contribution is -2.04. The van der Waals surface area contributed by atoms with Crippen molar-refractivity contribution in [2.45, 2.75) is 6.61 Å². The zero-order chi connectivity index (χ0) is 17.8. The van der Waals surface area contributed by atoms with Gasteiger partial charge in [-0.15, -0.1) is 11.3 Å². The summed E-state index contributed by atoms with van der Waals surface area (Å²) in [6.45, 7) is 0.142. The molecule has 0 saturated carbocycles. The quantitative estimate of drug-likeness (QED) is 0.529. The first kappa shape index (κ1) is 16.2. The highest BCUT2D eigenvalue weighted by molar-refractivity contribution is 7.12. The topological polar surface area (TPSA) is 67.9 Å². The van der Waals surface area contributed by atoms with Crippen LogP contribution in [-0.4, -0.2) is 21.2 Å². The van der Waals surface area contributed by atoms with E-state index in [0.717, 1.165) is 28.1 Å². The molecular formula is C20H15N3O2S. The number of aromatic amines is 1. The summed E-state index contributed by atoms with van der Waals surface area (Å²) in [6, 6.07) is 17.4. The first-order valence-corrected chi connectivity index (χ1v) is 8.94. The summed E-state index contributed by atoms with van der Waals surface area (Å²) in [5.41, 5.74) is 4.38. The molecule has 0 aliphatic carbocycles. The van der Waals surface area contributed by atoms with Gasteiger partial charge in [0.25, 0.3) is 0 Å². The largest absolute Gasteiger partial charge is 0.455 e. The van der Waals surface area contributed by atoms with Crippen LogP contribution < -0.4 is 0 Å². The van der Waals surface area contributed by atoms with E-state index in [4.69, 9.17) is 4.74 Å². The van der Waals surface area contributed by atoms with Crippen LogP contribution >= 0.6 is 11.3 Å². The van der Waals surface area contributed by atoms with Crippen molar-refractivity contribution in [2.24, 2.45) is 0 Å². The third-order valence-electron chi connectivity index (χ3n) is 3.90. The van der Waals surface area contributed by atoms with Crippen LogP contribution in [0.5, 0.6) is 0 Å². The van der Waals surface area contributed by atoms with Gasteiger partial charge in [-0.1, -0.05) is 30.3 Å². The number of ether oxygens (including phenoxy) is 1. The van der Waals surface area contributed by atoms with E-state index < -0.39 is 0 Å². The Labute approximate surface area is 154 Å². The Balaban J connectivity index is 1.46. The van der Waals surface area contributed by atoms with E-state index in [1.165, 1.54) is 11.3 Å². The molecule has 4 rings (SSSR count). The van der Waals surface area contributed by atoms with Crippen LogP contribution in [0.2, 0.25) is 0 Å². The first-order valence-electron chi connectivity index (χ1n) is 8.06. The Morgan fingerprint density at radius 3 is 2.65 bits per heavy atom. The number of hydrogen-bond donors (Lipinski definition) is 1. The lowest BCUT2D eigenvalue weighted by molar-refractivity contribution is 0.0474. The number of aromatic nitrogens is 3. The van der Waals surface area contributed by atoms with Gasteiger partial charge in [-0.2, -0.15) is 5.10 Å². The number of pyridine rings is 1. The van der Waals surface area contributed by atoms with Gasteiger partial charge in [-0.05, 0) is 35.2 Å².